The van der Waals surface area contributed by atoms with E-state index in [1.807, 2.05) is 12.1 Å². The van der Waals surface area contributed by atoms with E-state index in [0.717, 1.165) is 0 Å². The maximum Gasteiger partial charge on any atom is 0.287 e. The molecule has 0 saturated carbocycles. The van der Waals surface area contributed by atoms with E-state index in [1.54, 1.807) is 13.0 Å². The third kappa shape index (κ3) is 2.28. The monoisotopic (exact) mass is 207 g/mol. The second-order valence-corrected chi connectivity index (χ2v) is 2.89. The molecule has 1 amide bonds. The van der Waals surface area contributed by atoms with Gasteiger partial charge in [0.05, 0.1) is 22.1 Å². The molecule has 1 aromatic rings. The number of aromatic nitrogens is 2. The molecule has 1 aromatic heterocycles. The van der Waals surface area contributed by atoms with Crippen LogP contribution in [-0.4, -0.2) is 21.3 Å². The van der Waals surface area contributed by atoms with Gasteiger partial charge in [0.2, 0.25) is 0 Å². The van der Waals surface area contributed by atoms with Crippen molar-refractivity contribution in [2.75, 3.05) is 0 Å². The van der Waals surface area contributed by atoms with E-state index in [2.05, 4.69) is 27.4 Å². The fourth-order valence-corrected chi connectivity index (χ4v) is 1.15. The zero-order valence-corrected chi connectivity index (χ0v) is 8.76. The van der Waals surface area contributed by atoms with Gasteiger partial charge in [-0.05, 0) is 31.6 Å². The van der Waals surface area contributed by atoms with E-state index in [9.17, 15) is 4.79 Å². The summed E-state index contributed by atoms with van der Waals surface area (Å²) in [7, 11) is 0. The predicted molar refractivity (Wildman–Crippen MR) is 55.5 cm³/mol. The molecule has 0 spiro atoms. The number of hydrogen-bond donors (Lipinski definition) is 0. The smallest absolute Gasteiger partial charge is 0.266 e. The predicted octanol–water partition coefficient (Wildman–Crippen LogP) is 1.59. The SMILES string of the molecule is CCc1nnc(C)cc1C(=O)N=C=S. The Kier molecular flexibility index (Phi) is 3.56. The van der Waals surface area contributed by atoms with Crippen LogP contribution in [0.1, 0.15) is 28.7 Å². The molecule has 5 heteroatoms. The second-order valence-electron chi connectivity index (χ2n) is 2.71. The van der Waals surface area contributed by atoms with Crippen LogP contribution in [0.5, 0.6) is 0 Å². The summed E-state index contributed by atoms with van der Waals surface area (Å²) in [6, 6.07) is 1.66. The van der Waals surface area contributed by atoms with Crippen molar-refractivity contribution >= 4 is 23.3 Å². The normalized spacial score (nSPS) is 9.29. The number of carbonyl (C=O) groups excluding carboxylic acids is 1. The summed E-state index contributed by atoms with van der Waals surface area (Å²) in [5.41, 5.74) is 1.78. The lowest BCUT2D eigenvalue weighted by atomic mass is 10.1. The molecule has 0 aliphatic heterocycles. The molecule has 0 atom stereocenters. The fourth-order valence-electron chi connectivity index (χ4n) is 1.06. The molecule has 72 valence electrons. The first kappa shape index (κ1) is 10.6. The van der Waals surface area contributed by atoms with Crippen LogP contribution >= 0.6 is 12.2 Å². The molecule has 0 aliphatic carbocycles. The van der Waals surface area contributed by atoms with Gasteiger partial charge in [-0.15, -0.1) is 0 Å². The van der Waals surface area contributed by atoms with E-state index in [1.165, 1.54) is 0 Å². The number of hydrogen-bond acceptors (Lipinski definition) is 4. The van der Waals surface area contributed by atoms with E-state index in [-0.39, 0.29) is 0 Å². The highest BCUT2D eigenvalue weighted by molar-refractivity contribution is 7.78. The van der Waals surface area contributed by atoms with Crippen molar-refractivity contribution < 1.29 is 4.79 Å². The van der Waals surface area contributed by atoms with Crippen LogP contribution in [0.3, 0.4) is 0 Å². The van der Waals surface area contributed by atoms with Gasteiger partial charge in [-0.1, -0.05) is 6.92 Å². The van der Waals surface area contributed by atoms with Crippen molar-refractivity contribution in [2.24, 2.45) is 4.99 Å². The number of aryl methyl sites for hydroxylation is 2. The average molecular weight is 207 g/mol. The number of amides is 1. The lowest BCUT2D eigenvalue weighted by molar-refractivity contribution is 0.100. The Morgan fingerprint density at radius 3 is 2.93 bits per heavy atom. The summed E-state index contributed by atoms with van der Waals surface area (Å²) in [4.78, 5) is 14.8. The topological polar surface area (TPSA) is 55.2 Å². The van der Waals surface area contributed by atoms with Crippen molar-refractivity contribution in [3.05, 3.63) is 23.0 Å². The van der Waals surface area contributed by atoms with Gasteiger partial charge < -0.3 is 0 Å². The highest BCUT2D eigenvalue weighted by Crippen LogP contribution is 2.08. The Balaban J connectivity index is 3.23. The summed E-state index contributed by atoms with van der Waals surface area (Å²) in [6.07, 6.45) is 0.640. The van der Waals surface area contributed by atoms with E-state index >= 15 is 0 Å². The number of aliphatic imine (C=N–C) groups is 1. The maximum absolute atomic E-state index is 11.4. The molecule has 1 heterocycles. The zero-order chi connectivity index (χ0) is 10.6. The van der Waals surface area contributed by atoms with Gasteiger partial charge in [-0.25, -0.2) is 0 Å². The van der Waals surface area contributed by atoms with Gasteiger partial charge in [0.1, 0.15) is 0 Å². The average Bonchev–Trinajstić information content (AvgIpc) is 2.18. The summed E-state index contributed by atoms with van der Waals surface area (Å²) in [5, 5.41) is 9.82. The van der Waals surface area contributed by atoms with Gasteiger partial charge in [0.15, 0.2) is 0 Å². The molecule has 0 aromatic carbocycles. The molecule has 1 rings (SSSR count). The molecule has 0 radical (unpaired) electrons. The molecule has 0 saturated heterocycles. The van der Waals surface area contributed by atoms with Gasteiger partial charge in [-0.3, -0.25) is 4.79 Å². The second kappa shape index (κ2) is 4.69. The summed E-state index contributed by atoms with van der Waals surface area (Å²) >= 11 is 4.37. The van der Waals surface area contributed by atoms with Crippen LogP contribution in [0.2, 0.25) is 0 Å². The number of carbonyl (C=O) groups is 1. The van der Waals surface area contributed by atoms with Gasteiger partial charge in [0.25, 0.3) is 5.91 Å². The van der Waals surface area contributed by atoms with Crippen molar-refractivity contribution in [1.29, 1.82) is 0 Å². The van der Waals surface area contributed by atoms with E-state index in [0.29, 0.717) is 23.4 Å². The Hall–Kier alpha value is -1.45. The Labute approximate surface area is 87.1 Å². The number of nitrogens with zero attached hydrogens (tertiary/aromatic N) is 3. The van der Waals surface area contributed by atoms with Crippen LogP contribution < -0.4 is 0 Å². The highest BCUT2D eigenvalue weighted by Gasteiger charge is 2.11. The first-order chi connectivity index (χ1) is 6.69. The Morgan fingerprint density at radius 1 is 1.64 bits per heavy atom. The van der Waals surface area contributed by atoms with Crippen molar-refractivity contribution in [3.8, 4) is 0 Å². The fraction of sp³-hybridized carbons (Fsp3) is 0.333. The van der Waals surface area contributed by atoms with E-state index in [4.69, 9.17) is 0 Å². The largest absolute Gasteiger partial charge is 0.287 e. The van der Waals surface area contributed by atoms with Crippen molar-refractivity contribution in [2.45, 2.75) is 20.3 Å². The zero-order valence-electron chi connectivity index (χ0n) is 7.94. The van der Waals surface area contributed by atoms with E-state index < -0.39 is 5.91 Å². The molecule has 0 unspecified atom stereocenters. The van der Waals surface area contributed by atoms with Crippen molar-refractivity contribution in [1.82, 2.24) is 10.2 Å². The molecule has 4 nitrogen and oxygen atoms in total. The minimum atomic E-state index is -0.408. The van der Waals surface area contributed by atoms with Crippen LogP contribution in [0.15, 0.2) is 11.1 Å². The number of thiocarbonyl (C=S) groups is 1. The van der Waals surface area contributed by atoms with Crippen LogP contribution in [0.25, 0.3) is 0 Å². The number of rotatable bonds is 2. The van der Waals surface area contributed by atoms with Crippen LogP contribution in [-0.2, 0) is 6.42 Å². The molecule has 0 fully saturated rings. The molecule has 0 N–H and O–H groups in total. The Bertz CT molecular complexity index is 411. The highest BCUT2D eigenvalue weighted by atomic mass is 32.1. The van der Waals surface area contributed by atoms with Gasteiger partial charge in [0, 0.05) is 0 Å². The maximum atomic E-state index is 11.4. The summed E-state index contributed by atoms with van der Waals surface area (Å²) in [6.45, 7) is 3.67. The standard InChI is InChI=1S/C9H9N3OS/c1-3-8-7(9(13)10-5-14)4-6(2)11-12-8/h4H,3H2,1-2H3. The van der Waals surface area contributed by atoms with Crippen LogP contribution in [0, 0.1) is 6.92 Å². The van der Waals surface area contributed by atoms with Crippen molar-refractivity contribution in [3.63, 3.8) is 0 Å². The summed E-state index contributed by atoms with van der Waals surface area (Å²) in [5.74, 6) is -0.408. The molecule has 0 bridgehead atoms. The minimum absolute atomic E-state index is 0.408. The molecular weight excluding hydrogens is 198 g/mol. The molecule has 14 heavy (non-hydrogen) atoms. The quantitative estimate of drug-likeness (QED) is 0.546. The third-order valence-electron chi connectivity index (χ3n) is 1.71. The molecular formula is C9H9N3OS. The Morgan fingerprint density at radius 2 is 2.36 bits per heavy atom. The third-order valence-corrected chi connectivity index (χ3v) is 1.80. The molecule has 0 aliphatic rings. The first-order valence-electron chi connectivity index (χ1n) is 4.14. The minimum Gasteiger partial charge on any atom is -0.266 e. The lowest BCUT2D eigenvalue weighted by Gasteiger charge is -2.01. The van der Waals surface area contributed by atoms with Gasteiger partial charge in [-0.2, -0.15) is 15.2 Å². The summed E-state index contributed by atoms with van der Waals surface area (Å²) < 4.78 is 0. The van der Waals surface area contributed by atoms with Crippen LogP contribution in [0.4, 0.5) is 0 Å². The van der Waals surface area contributed by atoms with Gasteiger partial charge >= 0.3 is 0 Å². The number of isothiocyanates is 1. The lowest BCUT2D eigenvalue weighted by Crippen LogP contribution is -2.05. The first-order valence-corrected chi connectivity index (χ1v) is 4.55.